The fourth-order valence-corrected chi connectivity index (χ4v) is 7.01. The van der Waals surface area contributed by atoms with E-state index in [1.165, 1.54) is 29.6 Å². The van der Waals surface area contributed by atoms with Crippen LogP contribution in [0.5, 0.6) is 5.75 Å². The van der Waals surface area contributed by atoms with Crippen LogP contribution in [-0.2, 0) is 20.0 Å². The third-order valence-electron chi connectivity index (χ3n) is 6.22. The van der Waals surface area contributed by atoms with E-state index >= 15 is 0 Å². The minimum Gasteiger partial charge on any atom is -0.487 e. The van der Waals surface area contributed by atoms with Crippen molar-refractivity contribution in [2.24, 2.45) is 5.92 Å². The molecule has 2 aromatic rings. The molecule has 3 rings (SSSR count). The van der Waals surface area contributed by atoms with Crippen molar-refractivity contribution < 1.29 is 31.1 Å². The summed E-state index contributed by atoms with van der Waals surface area (Å²) in [6.45, 7) is 4.86. The first-order valence-corrected chi connectivity index (χ1v) is 14.9. The number of sulfonamides is 2. The molecular weight excluding hydrogens is 519 g/mol. The molecule has 0 bridgehead atoms. The van der Waals surface area contributed by atoms with Crippen LogP contribution in [0.25, 0.3) is 0 Å². The number of benzene rings is 2. The smallest absolute Gasteiger partial charge is 0.247 e. The molecule has 202 valence electrons. The number of ether oxygens (including phenoxy) is 1. The predicted molar refractivity (Wildman–Crippen MR) is 138 cm³/mol. The minimum atomic E-state index is -4.04. The van der Waals surface area contributed by atoms with Crippen LogP contribution in [0.15, 0.2) is 52.3 Å². The van der Waals surface area contributed by atoms with Crippen LogP contribution < -0.4 is 4.74 Å². The normalized spacial score (nSPS) is 20.6. The number of halogens is 1. The highest BCUT2D eigenvalue weighted by Crippen LogP contribution is 2.34. The fourth-order valence-electron chi connectivity index (χ4n) is 3.97. The topological polar surface area (TPSA) is 104 Å². The molecule has 0 spiro atoms. The molecule has 0 aliphatic carbocycles. The zero-order valence-electron chi connectivity index (χ0n) is 21.4. The van der Waals surface area contributed by atoms with Crippen molar-refractivity contribution in [2.75, 3.05) is 26.7 Å². The van der Waals surface area contributed by atoms with E-state index in [4.69, 9.17) is 4.74 Å². The quantitative estimate of drug-likeness (QED) is 0.530. The minimum absolute atomic E-state index is 0.0000758. The molecule has 37 heavy (non-hydrogen) atoms. The summed E-state index contributed by atoms with van der Waals surface area (Å²) < 4.78 is 75.6. The highest BCUT2D eigenvalue weighted by Gasteiger charge is 2.39. The van der Waals surface area contributed by atoms with Crippen LogP contribution in [-0.4, -0.2) is 69.4 Å². The van der Waals surface area contributed by atoms with Crippen LogP contribution in [0, 0.1) is 23.6 Å². The maximum atomic E-state index is 13.7. The van der Waals surface area contributed by atoms with Crippen molar-refractivity contribution in [1.29, 1.82) is 0 Å². The van der Waals surface area contributed by atoms with Gasteiger partial charge in [-0.1, -0.05) is 31.8 Å². The van der Waals surface area contributed by atoms with E-state index in [0.29, 0.717) is 12.0 Å². The van der Waals surface area contributed by atoms with Gasteiger partial charge in [-0.25, -0.2) is 21.2 Å². The van der Waals surface area contributed by atoms with Crippen molar-refractivity contribution in [3.8, 4) is 17.6 Å². The van der Waals surface area contributed by atoms with E-state index in [9.17, 15) is 26.3 Å². The maximum Gasteiger partial charge on any atom is 0.247 e. The zero-order chi connectivity index (χ0) is 27.4. The number of aliphatic hydroxyl groups is 1. The van der Waals surface area contributed by atoms with Crippen molar-refractivity contribution in [2.45, 2.75) is 55.5 Å². The first kappa shape index (κ1) is 29.1. The summed E-state index contributed by atoms with van der Waals surface area (Å²) in [5.74, 6) is 4.95. The Balaban J connectivity index is 2.05. The number of aliphatic hydroxyl groups excluding tert-OH is 1. The summed E-state index contributed by atoms with van der Waals surface area (Å²) in [5, 5.41) is 9.77. The van der Waals surface area contributed by atoms with Gasteiger partial charge in [-0.2, -0.15) is 8.61 Å². The van der Waals surface area contributed by atoms with Gasteiger partial charge in [0.25, 0.3) is 0 Å². The number of unbranched alkanes of at least 4 members (excludes halogenated alkanes) is 1. The van der Waals surface area contributed by atoms with Crippen LogP contribution in [0.2, 0.25) is 0 Å². The Hall–Kier alpha value is -2.49. The summed E-state index contributed by atoms with van der Waals surface area (Å²) in [6, 6.07) is 8.60. The Morgan fingerprint density at radius 1 is 1.27 bits per heavy atom. The Morgan fingerprint density at radius 3 is 2.65 bits per heavy atom. The van der Waals surface area contributed by atoms with Crippen molar-refractivity contribution in [1.82, 2.24) is 8.61 Å². The van der Waals surface area contributed by atoms with Gasteiger partial charge in [0.2, 0.25) is 20.0 Å². The van der Waals surface area contributed by atoms with E-state index in [1.54, 1.807) is 26.0 Å². The van der Waals surface area contributed by atoms with Gasteiger partial charge < -0.3 is 9.84 Å². The van der Waals surface area contributed by atoms with E-state index < -0.39 is 43.9 Å². The van der Waals surface area contributed by atoms with E-state index in [0.717, 1.165) is 22.9 Å². The molecule has 0 radical (unpaired) electrons. The Bertz CT molecular complexity index is 1390. The lowest BCUT2D eigenvalue weighted by atomic mass is 10.0. The molecule has 3 atom stereocenters. The number of fused-ring (bicyclic) bond motifs is 1. The number of rotatable bonds is 7. The van der Waals surface area contributed by atoms with Gasteiger partial charge in [0.05, 0.1) is 18.0 Å². The second kappa shape index (κ2) is 11.9. The fraction of sp³-hybridized carbons (Fsp3) is 0.462. The number of hydrogen-bond acceptors (Lipinski definition) is 6. The molecule has 0 saturated heterocycles. The monoisotopic (exact) mass is 552 g/mol. The van der Waals surface area contributed by atoms with Gasteiger partial charge in [-0.3, -0.25) is 0 Å². The van der Waals surface area contributed by atoms with E-state index in [2.05, 4.69) is 11.8 Å². The van der Waals surface area contributed by atoms with Crippen molar-refractivity contribution in [3.63, 3.8) is 0 Å². The third kappa shape index (κ3) is 6.51. The second-order valence-corrected chi connectivity index (χ2v) is 13.1. The largest absolute Gasteiger partial charge is 0.487 e. The van der Waals surface area contributed by atoms with E-state index in [-0.39, 0.29) is 35.2 Å². The predicted octanol–water partition coefficient (Wildman–Crippen LogP) is 3.07. The first-order valence-electron chi connectivity index (χ1n) is 12.1. The van der Waals surface area contributed by atoms with Gasteiger partial charge in [-0.05, 0) is 49.7 Å². The van der Waals surface area contributed by atoms with Crippen LogP contribution in [0.3, 0.4) is 0 Å². The third-order valence-corrected chi connectivity index (χ3v) is 10.1. The maximum absolute atomic E-state index is 13.7. The molecule has 0 fully saturated rings. The standard InChI is InChI=1S/C26H33FN2O6S2/c1-5-6-7-9-21-12-13-26-24(14-21)35-25(19(2)16-29(20(3)18-30)37(26,33)34)17-28(4)36(31,32)23-11-8-10-22(27)15-23/h8,10-15,19-20,25,30H,5-6,16-18H2,1-4H3/t19-,20+,25-/m0/s1. The summed E-state index contributed by atoms with van der Waals surface area (Å²) >= 11 is 0. The van der Waals surface area contributed by atoms with Gasteiger partial charge >= 0.3 is 0 Å². The highest BCUT2D eigenvalue weighted by molar-refractivity contribution is 7.89. The molecular formula is C26H33FN2O6S2. The molecule has 2 aromatic carbocycles. The average molecular weight is 553 g/mol. The summed E-state index contributed by atoms with van der Waals surface area (Å²) in [4.78, 5) is -0.276. The molecule has 0 amide bonds. The van der Waals surface area contributed by atoms with Crippen LogP contribution >= 0.6 is 0 Å². The molecule has 8 nitrogen and oxygen atoms in total. The lowest BCUT2D eigenvalue weighted by Crippen LogP contribution is -2.50. The molecule has 1 aliphatic heterocycles. The summed E-state index contributed by atoms with van der Waals surface area (Å²) in [7, 11) is -6.71. The summed E-state index contributed by atoms with van der Waals surface area (Å²) in [5.41, 5.74) is 0.567. The number of hydrogen-bond donors (Lipinski definition) is 1. The molecule has 11 heteroatoms. The second-order valence-electron chi connectivity index (χ2n) is 9.20. The van der Waals surface area contributed by atoms with Crippen molar-refractivity contribution >= 4 is 20.0 Å². The van der Waals surface area contributed by atoms with Gasteiger partial charge in [-0.15, -0.1) is 0 Å². The average Bonchev–Trinajstić information content (AvgIpc) is 2.85. The van der Waals surface area contributed by atoms with Gasteiger partial charge in [0, 0.05) is 37.5 Å². The van der Waals surface area contributed by atoms with Crippen LogP contribution in [0.1, 0.15) is 39.2 Å². The van der Waals surface area contributed by atoms with Crippen molar-refractivity contribution in [3.05, 3.63) is 53.8 Å². The van der Waals surface area contributed by atoms with E-state index in [1.807, 2.05) is 6.92 Å². The molecule has 1 aliphatic rings. The molecule has 0 aromatic heterocycles. The lowest BCUT2D eigenvalue weighted by Gasteiger charge is -2.37. The molecule has 1 N–H and O–H groups in total. The first-order chi connectivity index (χ1) is 17.4. The highest BCUT2D eigenvalue weighted by atomic mass is 32.2. The zero-order valence-corrected chi connectivity index (χ0v) is 23.0. The Morgan fingerprint density at radius 2 is 2.00 bits per heavy atom. The number of likely N-dealkylation sites (N-methyl/N-ethyl adjacent to an activating group) is 1. The molecule has 0 unspecified atom stereocenters. The summed E-state index contributed by atoms with van der Waals surface area (Å²) in [6.07, 6.45) is 0.804. The lowest BCUT2D eigenvalue weighted by molar-refractivity contribution is 0.0904. The molecule has 0 saturated carbocycles. The molecule has 1 heterocycles. The Labute approximate surface area is 219 Å². The van der Waals surface area contributed by atoms with Gasteiger partial charge in [0.15, 0.2) is 0 Å². The van der Waals surface area contributed by atoms with Gasteiger partial charge in [0.1, 0.15) is 22.6 Å². The SMILES string of the molecule is CCCC#Cc1ccc2c(c1)O[C@@H](CN(C)S(=O)(=O)c1cccc(F)c1)[C@@H](C)CN([C@H](C)CO)S2(=O)=O. The number of nitrogens with zero attached hydrogens (tertiary/aromatic N) is 2. The van der Waals surface area contributed by atoms with Crippen LogP contribution in [0.4, 0.5) is 4.39 Å². The Kier molecular flexibility index (Phi) is 9.37.